The number of halogens is 3. The number of nitrogens with one attached hydrogen (secondary N) is 1. The van der Waals surface area contributed by atoms with E-state index in [9.17, 15) is 19.1 Å². The number of fused-ring (bicyclic) bond motifs is 2. The van der Waals surface area contributed by atoms with E-state index in [0.717, 1.165) is 24.6 Å². The standard InChI is InChI=1S/C35H30Cl2FN5O5/c1-34(33(39)45)17-48-30-23(34)13-27(42-29(30)22-7-4-8-24(36)28(22)37)35(46,20-5-3-6-21(38)12-20)16-40-32(44)19-11-26(47-2)31-41-25(18-9-10-18)15-43(31)14-19/h3-8,11-15,18,46H,9-10,16-17H2,1-2H3,(H2,39,45)(H,40,44)/t34-,35+/m0/s1. The van der Waals surface area contributed by atoms with Crippen molar-refractivity contribution in [2.75, 3.05) is 20.3 Å². The number of carbonyl (C=O) groups excluding carboxylic acids is 2. The third kappa shape index (κ3) is 5.32. The molecule has 2 aliphatic rings. The van der Waals surface area contributed by atoms with Crippen molar-refractivity contribution in [1.29, 1.82) is 0 Å². The second-order valence-electron chi connectivity index (χ2n) is 12.3. The zero-order valence-electron chi connectivity index (χ0n) is 25.9. The van der Waals surface area contributed by atoms with Gasteiger partial charge < -0.3 is 30.0 Å². The van der Waals surface area contributed by atoms with Crippen LogP contribution in [0.15, 0.2) is 67.0 Å². The van der Waals surface area contributed by atoms with Crippen LogP contribution in [-0.4, -0.2) is 51.6 Å². The number of pyridine rings is 2. The van der Waals surface area contributed by atoms with E-state index in [1.165, 1.54) is 31.4 Å². The predicted molar refractivity (Wildman–Crippen MR) is 177 cm³/mol. The summed E-state index contributed by atoms with van der Waals surface area (Å²) in [6.07, 6.45) is 5.63. The molecule has 0 radical (unpaired) electrons. The molecule has 7 rings (SSSR count). The van der Waals surface area contributed by atoms with E-state index in [1.54, 1.807) is 41.8 Å². The quantitative estimate of drug-likeness (QED) is 0.185. The third-order valence-electron chi connectivity index (χ3n) is 9.07. The summed E-state index contributed by atoms with van der Waals surface area (Å²) in [4.78, 5) is 36.0. The van der Waals surface area contributed by atoms with Crippen molar-refractivity contribution in [1.82, 2.24) is 19.7 Å². The van der Waals surface area contributed by atoms with Crippen molar-refractivity contribution < 1.29 is 28.6 Å². The number of hydrogen-bond donors (Lipinski definition) is 3. The number of imidazole rings is 1. The highest BCUT2D eigenvalue weighted by molar-refractivity contribution is 6.43. The molecule has 2 aromatic carbocycles. The Morgan fingerprint density at radius 1 is 1.17 bits per heavy atom. The van der Waals surface area contributed by atoms with Gasteiger partial charge in [0.15, 0.2) is 11.4 Å². The van der Waals surface area contributed by atoms with E-state index >= 15 is 0 Å². The Bertz CT molecular complexity index is 2140. The molecular weight excluding hydrogens is 660 g/mol. The van der Waals surface area contributed by atoms with Gasteiger partial charge in [0.2, 0.25) is 5.91 Å². The lowest BCUT2D eigenvalue weighted by atomic mass is 9.80. The molecule has 0 spiro atoms. The van der Waals surface area contributed by atoms with Gasteiger partial charge in [0.25, 0.3) is 5.91 Å². The van der Waals surface area contributed by atoms with Gasteiger partial charge in [-0.25, -0.2) is 14.4 Å². The second-order valence-corrected chi connectivity index (χ2v) is 13.1. The molecule has 4 N–H and O–H groups in total. The molecule has 0 bridgehead atoms. The lowest BCUT2D eigenvalue weighted by Gasteiger charge is -2.30. The van der Waals surface area contributed by atoms with Crippen LogP contribution in [0, 0.1) is 5.82 Å². The Hall–Kier alpha value is -4.71. The zero-order chi connectivity index (χ0) is 34.0. The van der Waals surface area contributed by atoms with Crippen LogP contribution in [0.5, 0.6) is 11.5 Å². The number of methoxy groups -OCH3 is 1. The monoisotopic (exact) mass is 689 g/mol. The van der Waals surface area contributed by atoms with Crippen LogP contribution in [0.25, 0.3) is 16.9 Å². The van der Waals surface area contributed by atoms with Gasteiger partial charge in [-0.1, -0.05) is 47.5 Å². The molecule has 2 amide bonds. The number of ether oxygens (including phenoxy) is 2. The van der Waals surface area contributed by atoms with Crippen molar-refractivity contribution in [3.05, 3.63) is 111 Å². The molecule has 4 heterocycles. The molecule has 10 nitrogen and oxygen atoms in total. The summed E-state index contributed by atoms with van der Waals surface area (Å²) >= 11 is 13.0. The first-order valence-electron chi connectivity index (χ1n) is 15.2. The molecule has 1 fully saturated rings. The number of primary amides is 1. The minimum Gasteiger partial charge on any atom is -0.493 e. The number of aliphatic hydroxyl groups is 1. The fourth-order valence-corrected chi connectivity index (χ4v) is 6.39. The molecule has 1 aliphatic heterocycles. The second kappa shape index (κ2) is 11.8. The van der Waals surface area contributed by atoms with E-state index < -0.39 is 35.2 Å². The summed E-state index contributed by atoms with van der Waals surface area (Å²) in [5, 5.41) is 15.8. The predicted octanol–water partition coefficient (Wildman–Crippen LogP) is 5.53. The van der Waals surface area contributed by atoms with Gasteiger partial charge in [0.1, 0.15) is 34.9 Å². The summed E-state index contributed by atoms with van der Waals surface area (Å²) in [5.74, 6) is -0.802. The van der Waals surface area contributed by atoms with Gasteiger partial charge in [-0.05, 0) is 55.7 Å². The van der Waals surface area contributed by atoms with Gasteiger partial charge in [0.05, 0.1) is 40.7 Å². The van der Waals surface area contributed by atoms with Crippen LogP contribution in [-0.2, 0) is 15.8 Å². The van der Waals surface area contributed by atoms with Crippen molar-refractivity contribution >= 4 is 40.7 Å². The number of aromatic nitrogens is 3. The van der Waals surface area contributed by atoms with Crippen molar-refractivity contribution in [2.45, 2.75) is 36.7 Å². The maximum absolute atomic E-state index is 14.7. The molecule has 1 aliphatic carbocycles. The number of nitrogens with two attached hydrogens (primary N) is 1. The average Bonchev–Trinajstić information content (AvgIpc) is 3.74. The van der Waals surface area contributed by atoms with Gasteiger partial charge in [-0.2, -0.15) is 0 Å². The fraction of sp³-hybridized carbons (Fsp3) is 0.257. The minimum absolute atomic E-state index is 0.0205. The number of benzene rings is 2. The van der Waals surface area contributed by atoms with Crippen LogP contribution in [0.1, 0.15) is 58.6 Å². The zero-order valence-corrected chi connectivity index (χ0v) is 27.4. The maximum Gasteiger partial charge on any atom is 0.253 e. The van der Waals surface area contributed by atoms with E-state index in [1.807, 2.05) is 6.20 Å². The van der Waals surface area contributed by atoms with Crippen molar-refractivity contribution in [3.63, 3.8) is 0 Å². The molecule has 0 saturated heterocycles. The fourth-order valence-electron chi connectivity index (χ4n) is 6.00. The molecular formula is C35H30Cl2FN5O5. The van der Waals surface area contributed by atoms with Crippen LogP contribution >= 0.6 is 23.2 Å². The van der Waals surface area contributed by atoms with E-state index in [2.05, 4.69) is 10.3 Å². The minimum atomic E-state index is -2.13. The molecule has 5 aromatic rings. The number of nitrogens with zero attached hydrogens (tertiary/aromatic N) is 3. The van der Waals surface area contributed by atoms with Gasteiger partial charge in [-0.3, -0.25) is 9.59 Å². The first-order valence-corrected chi connectivity index (χ1v) is 15.9. The Morgan fingerprint density at radius 2 is 1.94 bits per heavy atom. The number of rotatable bonds is 9. The topological polar surface area (TPSA) is 141 Å². The third-order valence-corrected chi connectivity index (χ3v) is 9.89. The lowest BCUT2D eigenvalue weighted by Crippen LogP contribution is -2.43. The molecule has 0 unspecified atom stereocenters. The lowest BCUT2D eigenvalue weighted by molar-refractivity contribution is -0.123. The van der Waals surface area contributed by atoms with Crippen LogP contribution in [0.4, 0.5) is 4.39 Å². The highest BCUT2D eigenvalue weighted by atomic mass is 35.5. The van der Waals surface area contributed by atoms with Crippen molar-refractivity contribution in [3.8, 4) is 22.8 Å². The highest BCUT2D eigenvalue weighted by Gasteiger charge is 2.46. The van der Waals surface area contributed by atoms with E-state index in [0.29, 0.717) is 28.4 Å². The largest absolute Gasteiger partial charge is 0.493 e. The molecule has 1 saturated carbocycles. The number of amides is 2. The molecule has 3 aromatic heterocycles. The SMILES string of the molecule is COc1cc(C(=O)NC[C@@](O)(c2cccc(F)c2)c2cc3c(c(-c4cccc(Cl)c4Cl)n2)OC[C@]3(C)C(N)=O)cn2cc(C3CC3)nc12. The Kier molecular flexibility index (Phi) is 7.81. The van der Waals surface area contributed by atoms with Crippen LogP contribution < -0.4 is 20.5 Å². The summed E-state index contributed by atoms with van der Waals surface area (Å²) in [7, 11) is 1.50. The normalized spacial score (nSPS) is 18.2. The summed E-state index contributed by atoms with van der Waals surface area (Å²) < 4.78 is 28.0. The number of hydrogen-bond acceptors (Lipinski definition) is 7. The first kappa shape index (κ1) is 31.9. The van der Waals surface area contributed by atoms with E-state index in [4.69, 9.17) is 43.4 Å². The van der Waals surface area contributed by atoms with Crippen LogP contribution in [0.2, 0.25) is 10.0 Å². The Labute approximate surface area is 284 Å². The molecule has 2 atom stereocenters. The Morgan fingerprint density at radius 3 is 2.65 bits per heavy atom. The summed E-state index contributed by atoms with van der Waals surface area (Å²) in [6, 6.07) is 13.3. The summed E-state index contributed by atoms with van der Waals surface area (Å²) in [6.45, 7) is 1.07. The Balaban J connectivity index is 1.34. The average molecular weight is 691 g/mol. The molecule has 13 heteroatoms. The van der Waals surface area contributed by atoms with Crippen LogP contribution in [0.3, 0.4) is 0 Å². The highest BCUT2D eigenvalue weighted by Crippen LogP contribution is 2.48. The summed E-state index contributed by atoms with van der Waals surface area (Å²) in [5.41, 5.74) is 5.13. The number of carbonyl (C=O) groups is 2. The van der Waals surface area contributed by atoms with Crippen molar-refractivity contribution in [2.24, 2.45) is 5.73 Å². The maximum atomic E-state index is 14.7. The molecule has 246 valence electrons. The molecule has 48 heavy (non-hydrogen) atoms. The van der Waals surface area contributed by atoms with E-state index in [-0.39, 0.29) is 44.9 Å². The first-order chi connectivity index (χ1) is 22.9. The smallest absolute Gasteiger partial charge is 0.253 e. The van der Waals surface area contributed by atoms with Gasteiger partial charge >= 0.3 is 0 Å². The van der Waals surface area contributed by atoms with Gasteiger partial charge in [-0.15, -0.1) is 0 Å². The van der Waals surface area contributed by atoms with Gasteiger partial charge in [0, 0.05) is 29.4 Å².